The molecule has 5 nitrogen and oxygen atoms in total. The second kappa shape index (κ2) is 4.63. The number of thiophene rings is 1. The molecule has 2 aromatic rings. The van der Waals surface area contributed by atoms with Crippen LogP contribution in [0.15, 0.2) is 11.4 Å². The number of rotatable bonds is 3. The van der Waals surface area contributed by atoms with Crippen LogP contribution in [0.3, 0.4) is 0 Å². The SMILES string of the molecule is CNC(=O)CNc1nc(Cl)nc2sccc12. The maximum atomic E-state index is 11.1. The number of carbonyl (C=O) groups is 1. The van der Waals surface area contributed by atoms with Gasteiger partial charge in [-0.25, -0.2) is 9.97 Å². The van der Waals surface area contributed by atoms with Crippen LogP contribution < -0.4 is 10.6 Å². The Balaban J connectivity index is 2.28. The number of halogens is 1. The number of amides is 1. The zero-order valence-corrected chi connectivity index (χ0v) is 10.0. The van der Waals surface area contributed by atoms with E-state index in [4.69, 9.17) is 11.6 Å². The van der Waals surface area contributed by atoms with Gasteiger partial charge in [0.05, 0.1) is 11.9 Å². The summed E-state index contributed by atoms with van der Waals surface area (Å²) in [4.78, 5) is 20.0. The van der Waals surface area contributed by atoms with E-state index in [0.717, 1.165) is 10.2 Å². The van der Waals surface area contributed by atoms with Crippen LogP contribution in [0, 0.1) is 0 Å². The summed E-state index contributed by atoms with van der Waals surface area (Å²) in [5.74, 6) is 0.470. The smallest absolute Gasteiger partial charge is 0.239 e. The van der Waals surface area contributed by atoms with Crippen molar-refractivity contribution in [3.05, 3.63) is 16.7 Å². The number of nitrogens with one attached hydrogen (secondary N) is 2. The van der Waals surface area contributed by atoms with Gasteiger partial charge in [0.15, 0.2) is 0 Å². The Morgan fingerprint density at radius 3 is 3.12 bits per heavy atom. The standard InChI is InChI=1S/C9H9ClN4OS/c1-11-6(15)4-12-7-5-2-3-16-8(5)14-9(10)13-7/h2-3H,4H2,1H3,(H,11,15)(H,12,13,14). The van der Waals surface area contributed by atoms with Gasteiger partial charge in [-0.05, 0) is 23.0 Å². The molecule has 0 aliphatic heterocycles. The second-order valence-corrected chi connectivity index (χ2v) is 4.24. The van der Waals surface area contributed by atoms with Crippen LogP contribution in [0.4, 0.5) is 5.82 Å². The maximum absolute atomic E-state index is 11.1. The Hall–Kier alpha value is -1.40. The number of likely N-dealkylation sites (N-methyl/N-ethyl adjacent to an activating group) is 1. The summed E-state index contributed by atoms with van der Waals surface area (Å²) in [5.41, 5.74) is 0. The third-order valence-electron chi connectivity index (χ3n) is 1.99. The van der Waals surface area contributed by atoms with E-state index in [0.29, 0.717) is 5.82 Å². The van der Waals surface area contributed by atoms with E-state index in [-0.39, 0.29) is 17.7 Å². The minimum atomic E-state index is -0.113. The third-order valence-corrected chi connectivity index (χ3v) is 2.97. The summed E-state index contributed by atoms with van der Waals surface area (Å²) < 4.78 is 0. The highest BCUT2D eigenvalue weighted by Gasteiger charge is 2.08. The highest BCUT2D eigenvalue weighted by atomic mass is 35.5. The highest BCUT2D eigenvalue weighted by Crippen LogP contribution is 2.25. The van der Waals surface area contributed by atoms with E-state index >= 15 is 0 Å². The lowest BCUT2D eigenvalue weighted by atomic mass is 10.4. The molecule has 0 aliphatic carbocycles. The molecule has 2 N–H and O–H groups in total. The number of anilines is 1. The molecular weight excluding hydrogens is 248 g/mol. The molecular formula is C9H9ClN4OS. The van der Waals surface area contributed by atoms with Crippen molar-refractivity contribution in [2.24, 2.45) is 0 Å². The van der Waals surface area contributed by atoms with Crippen molar-refractivity contribution in [1.82, 2.24) is 15.3 Å². The summed E-state index contributed by atoms with van der Waals surface area (Å²) in [7, 11) is 1.58. The van der Waals surface area contributed by atoms with Crippen molar-refractivity contribution in [2.45, 2.75) is 0 Å². The molecule has 0 spiro atoms. The number of hydrogen-bond acceptors (Lipinski definition) is 5. The fourth-order valence-electron chi connectivity index (χ4n) is 1.22. The van der Waals surface area contributed by atoms with Crippen LogP contribution in [0.1, 0.15) is 0 Å². The molecule has 0 fully saturated rings. The Morgan fingerprint density at radius 1 is 1.56 bits per heavy atom. The first-order valence-electron chi connectivity index (χ1n) is 4.56. The first-order valence-corrected chi connectivity index (χ1v) is 5.81. The molecule has 2 aromatic heterocycles. The molecule has 16 heavy (non-hydrogen) atoms. The quantitative estimate of drug-likeness (QED) is 0.817. The fraction of sp³-hybridized carbons (Fsp3) is 0.222. The van der Waals surface area contributed by atoms with Gasteiger partial charge in [0.2, 0.25) is 11.2 Å². The number of nitrogens with zero attached hydrogens (tertiary/aromatic N) is 2. The summed E-state index contributed by atoms with van der Waals surface area (Å²) in [6.45, 7) is 0.161. The highest BCUT2D eigenvalue weighted by molar-refractivity contribution is 7.16. The Labute approximate surface area is 101 Å². The molecule has 2 heterocycles. The molecule has 7 heteroatoms. The number of fused-ring (bicyclic) bond motifs is 1. The third kappa shape index (κ3) is 2.23. The fourth-order valence-corrected chi connectivity index (χ4v) is 2.20. The molecule has 0 unspecified atom stereocenters. The topological polar surface area (TPSA) is 66.9 Å². The summed E-state index contributed by atoms with van der Waals surface area (Å²) in [6, 6.07) is 1.89. The Bertz CT molecular complexity index is 527. The van der Waals surface area contributed by atoms with E-state index in [1.165, 1.54) is 11.3 Å². The van der Waals surface area contributed by atoms with Crippen molar-refractivity contribution in [3.8, 4) is 0 Å². The van der Waals surface area contributed by atoms with Gasteiger partial charge >= 0.3 is 0 Å². The predicted octanol–water partition coefficient (Wildman–Crippen LogP) is 1.50. The molecule has 0 atom stereocenters. The lowest BCUT2D eigenvalue weighted by Gasteiger charge is -2.05. The Kier molecular flexibility index (Phi) is 3.21. The minimum Gasteiger partial charge on any atom is -0.360 e. The van der Waals surface area contributed by atoms with Gasteiger partial charge in [0.1, 0.15) is 10.6 Å². The summed E-state index contributed by atoms with van der Waals surface area (Å²) >= 11 is 7.25. The van der Waals surface area contributed by atoms with Crippen molar-refractivity contribution >= 4 is 44.9 Å². The van der Waals surface area contributed by atoms with Gasteiger partial charge in [0.25, 0.3) is 0 Å². The zero-order chi connectivity index (χ0) is 11.5. The largest absolute Gasteiger partial charge is 0.360 e. The molecule has 0 aromatic carbocycles. The van der Waals surface area contributed by atoms with Crippen molar-refractivity contribution in [2.75, 3.05) is 18.9 Å². The summed E-state index contributed by atoms with van der Waals surface area (Å²) in [6.07, 6.45) is 0. The van der Waals surface area contributed by atoms with Gasteiger partial charge in [-0.15, -0.1) is 11.3 Å². The van der Waals surface area contributed by atoms with Crippen molar-refractivity contribution in [3.63, 3.8) is 0 Å². The minimum absolute atomic E-state index is 0.113. The van der Waals surface area contributed by atoms with Gasteiger partial charge < -0.3 is 10.6 Å². The van der Waals surface area contributed by atoms with E-state index in [1.54, 1.807) is 7.05 Å². The van der Waals surface area contributed by atoms with Crippen molar-refractivity contribution < 1.29 is 4.79 Å². The van der Waals surface area contributed by atoms with Crippen LogP contribution >= 0.6 is 22.9 Å². The summed E-state index contributed by atoms with van der Waals surface area (Å²) in [5, 5.41) is 8.39. The van der Waals surface area contributed by atoms with E-state index in [2.05, 4.69) is 20.6 Å². The first-order chi connectivity index (χ1) is 7.70. The number of aromatic nitrogens is 2. The lowest BCUT2D eigenvalue weighted by molar-refractivity contribution is -0.118. The predicted molar refractivity (Wildman–Crippen MR) is 65.0 cm³/mol. The van der Waals surface area contributed by atoms with Crippen LogP contribution in [-0.4, -0.2) is 29.5 Å². The average Bonchev–Trinajstić information content (AvgIpc) is 2.73. The molecule has 2 rings (SSSR count). The van der Waals surface area contributed by atoms with Crippen LogP contribution in [0.25, 0.3) is 10.2 Å². The van der Waals surface area contributed by atoms with Crippen LogP contribution in [0.5, 0.6) is 0 Å². The maximum Gasteiger partial charge on any atom is 0.239 e. The van der Waals surface area contributed by atoms with Gasteiger partial charge in [-0.3, -0.25) is 4.79 Å². The average molecular weight is 257 g/mol. The van der Waals surface area contributed by atoms with Crippen molar-refractivity contribution in [1.29, 1.82) is 0 Å². The molecule has 0 bridgehead atoms. The molecule has 1 amide bonds. The molecule has 0 radical (unpaired) electrons. The first kappa shape index (κ1) is 11.1. The molecule has 0 saturated heterocycles. The van der Waals surface area contributed by atoms with E-state index in [9.17, 15) is 4.79 Å². The number of hydrogen-bond donors (Lipinski definition) is 2. The normalized spacial score (nSPS) is 10.4. The second-order valence-electron chi connectivity index (χ2n) is 3.01. The molecule has 0 saturated carbocycles. The van der Waals surface area contributed by atoms with Crippen LogP contribution in [0.2, 0.25) is 5.28 Å². The van der Waals surface area contributed by atoms with E-state index in [1.807, 2.05) is 11.4 Å². The molecule has 0 aliphatic rings. The van der Waals surface area contributed by atoms with Gasteiger partial charge in [0, 0.05) is 7.05 Å². The zero-order valence-electron chi connectivity index (χ0n) is 8.45. The lowest BCUT2D eigenvalue weighted by Crippen LogP contribution is -2.26. The Morgan fingerprint density at radius 2 is 2.38 bits per heavy atom. The van der Waals surface area contributed by atoms with Gasteiger partial charge in [-0.1, -0.05) is 0 Å². The number of carbonyl (C=O) groups excluding carboxylic acids is 1. The van der Waals surface area contributed by atoms with E-state index < -0.39 is 0 Å². The van der Waals surface area contributed by atoms with Crippen LogP contribution in [-0.2, 0) is 4.79 Å². The molecule has 84 valence electrons. The van der Waals surface area contributed by atoms with Gasteiger partial charge in [-0.2, -0.15) is 0 Å². The monoisotopic (exact) mass is 256 g/mol.